The molecule has 1 aliphatic heterocycles. The molecule has 6 heteroatoms. The van der Waals surface area contributed by atoms with E-state index in [2.05, 4.69) is 82.4 Å². The van der Waals surface area contributed by atoms with Gasteiger partial charge >= 0.3 is 0 Å². The lowest BCUT2D eigenvalue weighted by Gasteiger charge is -2.35. The zero-order valence-electron chi connectivity index (χ0n) is 17.8. The van der Waals surface area contributed by atoms with Crippen LogP contribution in [-0.4, -0.2) is 59.0 Å². The number of likely N-dealkylation sites (N-methyl/N-ethyl adjacent to an activating group) is 1. The third-order valence-corrected chi connectivity index (χ3v) is 6.03. The number of nitrogens with one attached hydrogen (secondary N) is 2. The summed E-state index contributed by atoms with van der Waals surface area (Å²) in [7, 11) is 2.17. The number of rotatable bonds is 5. The number of hydrogen-bond acceptors (Lipinski definition) is 5. The Balaban J connectivity index is 1.61. The number of pyridine rings is 1. The molecular weight excluding hydrogens is 372 g/mol. The van der Waals surface area contributed by atoms with Crippen molar-refractivity contribution in [1.82, 2.24) is 19.8 Å². The van der Waals surface area contributed by atoms with Crippen LogP contribution >= 0.6 is 0 Å². The topological polar surface area (TPSA) is 71.0 Å². The number of fused-ring (bicyclic) bond motifs is 1. The Morgan fingerprint density at radius 2 is 2.00 bits per heavy atom. The maximum absolute atomic E-state index is 9.66. The molecule has 1 atom stereocenters. The Hall–Kier alpha value is -3.14. The third-order valence-electron chi connectivity index (χ3n) is 6.03. The van der Waals surface area contributed by atoms with Crippen molar-refractivity contribution in [1.29, 1.82) is 5.26 Å². The Kier molecular flexibility index (Phi) is 5.84. The van der Waals surface area contributed by atoms with Crippen molar-refractivity contribution in [2.75, 3.05) is 38.5 Å². The molecule has 1 unspecified atom stereocenters. The molecule has 0 aliphatic carbocycles. The van der Waals surface area contributed by atoms with Crippen LogP contribution < -0.4 is 5.32 Å². The maximum Gasteiger partial charge on any atom is 0.103 e. The highest BCUT2D eigenvalue weighted by Gasteiger charge is 2.17. The lowest BCUT2D eigenvalue weighted by atomic mass is 10.1. The van der Waals surface area contributed by atoms with Gasteiger partial charge in [0.25, 0.3) is 0 Å². The van der Waals surface area contributed by atoms with E-state index in [1.807, 2.05) is 12.4 Å². The van der Waals surface area contributed by atoms with Crippen LogP contribution in [0.15, 0.2) is 42.9 Å². The summed E-state index contributed by atoms with van der Waals surface area (Å²) in [6.45, 7) is 8.64. The summed E-state index contributed by atoms with van der Waals surface area (Å²) in [6.07, 6.45) is 9.68. The molecule has 0 radical (unpaired) electrons. The predicted octanol–water partition coefficient (Wildman–Crippen LogP) is 4.14. The van der Waals surface area contributed by atoms with Crippen molar-refractivity contribution in [3.05, 3.63) is 59.6 Å². The summed E-state index contributed by atoms with van der Waals surface area (Å²) in [5.74, 6) is 0. The Labute approximate surface area is 177 Å². The molecule has 0 spiro atoms. The molecule has 0 saturated carbocycles. The second-order valence-corrected chi connectivity index (χ2v) is 8.00. The Morgan fingerprint density at radius 1 is 1.20 bits per heavy atom. The number of anilines is 2. The van der Waals surface area contributed by atoms with Gasteiger partial charge < -0.3 is 15.2 Å². The highest BCUT2D eigenvalue weighted by molar-refractivity contribution is 5.89. The minimum absolute atomic E-state index is 0.329. The number of nitrogens with zero attached hydrogens (tertiary/aromatic N) is 4. The van der Waals surface area contributed by atoms with Crippen LogP contribution in [0.1, 0.15) is 23.6 Å². The number of benzene rings is 1. The lowest BCUT2D eigenvalue weighted by Crippen LogP contribution is -2.47. The first-order chi connectivity index (χ1) is 14.6. The monoisotopic (exact) mass is 400 g/mol. The molecular formula is C24H28N6. The fraction of sp³-hybridized carbons (Fsp3) is 0.333. The van der Waals surface area contributed by atoms with Gasteiger partial charge in [0.05, 0.1) is 11.3 Å². The molecule has 2 aromatic heterocycles. The number of hydrogen-bond donors (Lipinski definition) is 2. The van der Waals surface area contributed by atoms with E-state index >= 15 is 0 Å². The summed E-state index contributed by atoms with van der Waals surface area (Å²) < 4.78 is 0. The lowest BCUT2D eigenvalue weighted by molar-refractivity contribution is 0.136. The standard InChI is InChI=1S/C24H28N6/c1-17(30-12-10-29(3)11-13-30)4-5-19-15-26-16-20(14-25)24(19)28-22-6-7-23-21(18(22)2)8-9-27-23/h4-9,15-17,27H,10-13H2,1-3H3,(H,26,28). The maximum atomic E-state index is 9.66. The van der Waals surface area contributed by atoms with Gasteiger partial charge in [-0.3, -0.25) is 9.88 Å². The summed E-state index contributed by atoms with van der Waals surface area (Å²) in [5.41, 5.74) is 5.50. The molecule has 1 aliphatic rings. The first-order valence-electron chi connectivity index (χ1n) is 10.4. The average molecular weight is 401 g/mol. The van der Waals surface area contributed by atoms with Crippen LogP contribution in [-0.2, 0) is 0 Å². The van der Waals surface area contributed by atoms with E-state index in [1.54, 1.807) is 6.20 Å². The van der Waals surface area contributed by atoms with Crippen LogP contribution in [0.25, 0.3) is 17.0 Å². The summed E-state index contributed by atoms with van der Waals surface area (Å²) in [5, 5.41) is 14.3. The first kappa shape index (κ1) is 20.1. The van der Waals surface area contributed by atoms with Gasteiger partial charge in [-0.05, 0) is 44.7 Å². The zero-order valence-corrected chi connectivity index (χ0v) is 17.8. The van der Waals surface area contributed by atoms with Gasteiger partial charge in [0.1, 0.15) is 6.07 Å². The molecule has 1 saturated heterocycles. The van der Waals surface area contributed by atoms with Crippen molar-refractivity contribution < 1.29 is 0 Å². The third kappa shape index (κ3) is 4.09. The molecule has 30 heavy (non-hydrogen) atoms. The normalized spacial score (nSPS) is 16.7. The zero-order chi connectivity index (χ0) is 21.1. The number of aryl methyl sites for hydroxylation is 1. The van der Waals surface area contributed by atoms with Crippen LogP contribution in [0.4, 0.5) is 11.4 Å². The van der Waals surface area contributed by atoms with Crippen molar-refractivity contribution >= 4 is 28.4 Å². The molecule has 6 nitrogen and oxygen atoms in total. The minimum atomic E-state index is 0.329. The van der Waals surface area contributed by atoms with Crippen molar-refractivity contribution in [2.45, 2.75) is 19.9 Å². The van der Waals surface area contributed by atoms with E-state index in [4.69, 9.17) is 0 Å². The predicted molar refractivity (Wildman–Crippen MR) is 123 cm³/mol. The van der Waals surface area contributed by atoms with Gasteiger partial charge in [0, 0.05) is 73.0 Å². The van der Waals surface area contributed by atoms with Crippen LogP contribution in [0.2, 0.25) is 0 Å². The Bertz CT molecular complexity index is 1100. The van der Waals surface area contributed by atoms with Crippen LogP contribution in [0, 0.1) is 18.3 Å². The fourth-order valence-corrected chi connectivity index (χ4v) is 3.98. The van der Waals surface area contributed by atoms with Crippen molar-refractivity contribution in [3.63, 3.8) is 0 Å². The van der Waals surface area contributed by atoms with E-state index in [0.29, 0.717) is 11.6 Å². The van der Waals surface area contributed by atoms with E-state index < -0.39 is 0 Å². The van der Waals surface area contributed by atoms with Crippen molar-refractivity contribution in [2.24, 2.45) is 0 Å². The summed E-state index contributed by atoms with van der Waals surface area (Å²) >= 11 is 0. The smallest absolute Gasteiger partial charge is 0.103 e. The molecule has 4 rings (SSSR count). The minimum Gasteiger partial charge on any atom is -0.361 e. The molecule has 1 fully saturated rings. The second-order valence-electron chi connectivity index (χ2n) is 8.00. The molecule has 0 bridgehead atoms. The highest BCUT2D eigenvalue weighted by atomic mass is 15.3. The molecule has 2 N–H and O–H groups in total. The Morgan fingerprint density at radius 3 is 2.77 bits per heavy atom. The van der Waals surface area contributed by atoms with Gasteiger partial charge in [0.15, 0.2) is 0 Å². The number of piperazine rings is 1. The fourth-order valence-electron chi connectivity index (χ4n) is 3.98. The molecule has 1 aromatic carbocycles. The van der Waals surface area contributed by atoms with E-state index in [0.717, 1.165) is 54.2 Å². The van der Waals surface area contributed by atoms with E-state index in [1.165, 1.54) is 5.39 Å². The molecule has 0 amide bonds. The number of H-pyrrole nitrogens is 1. The number of nitriles is 1. The summed E-state index contributed by atoms with van der Waals surface area (Å²) in [4.78, 5) is 12.4. The van der Waals surface area contributed by atoms with Gasteiger partial charge in [-0.15, -0.1) is 0 Å². The SMILES string of the molecule is Cc1c(Nc2c(C#N)cncc2C=CC(C)N2CCN(C)CC2)ccc2[nH]ccc12. The number of aromatic nitrogens is 2. The summed E-state index contributed by atoms with van der Waals surface area (Å²) in [6, 6.07) is 8.80. The molecule has 3 aromatic rings. The van der Waals surface area contributed by atoms with Crippen LogP contribution in [0.5, 0.6) is 0 Å². The average Bonchev–Trinajstić information content (AvgIpc) is 3.24. The number of aromatic amines is 1. The largest absolute Gasteiger partial charge is 0.361 e. The molecule has 154 valence electrons. The molecule has 3 heterocycles. The first-order valence-corrected chi connectivity index (χ1v) is 10.4. The highest BCUT2D eigenvalue weighted by Crippen LogP contribution is 2.31. The van der Waals surface area contributed by atoms with Gasteiger partial charge in [0.2, 0.25) is 0 Å². The van der Waals surface area contributed by atoms with Gasteiger partial charge in [-0.1, -0.05) is 12.2 Å². The van der Waals surface area contributed by atoms with E-state index in [9.17, 15) is 5.26 Å². The van der Waals surface area contributed by atoms with Gasteiger partial charge in [-0.2, -0.15) is 5.26 Å². The van der Waals surface area contributed by atoms with Gasteiger partial charge in [-0.25, -0.2) is 0 Å². The van der Waals surface area contributed by atoms with Crippen molar-refractivity contribution in [3.8, 4) is 6.07 Å². The van der Waals surface area contributed by atoms with E-state index in [-0.39, 0.29) is 0 Å². The second kappa shape index (κ2) is 8.70. The quantitative estimate of drug-likeness (QED) is 0.674. The van der Waals surface area contributed by atoms with Crippen LogP contribution in [0.3, 0.4) is 0 Å².